The Morgan fingerprint density at radius 3 is 2.43 bits per heavy atom. The zero-order valence-corrected chi connectivity index (χ0v) is 7.13. The van der Waals surface area contributed by atoms with Crippen molar-refractivity contribution in [3.63, 3.8) is 0 Å². The monoisotopic (exact) mass is 205 g/mol. The molecule has 0 aromatic rings. The minimum atomic E-state index is -1.59. The summed E-state index contributed by atoms with van der Waals surface area (Å²) in [6, 6.07) is -1.11. The highest BCUT2D eigenvalue weighted by molar-refractivity contribution is 4.93. The average molecular weight is 205 g/mol. The first kappa shape index (κ1) is 11.2. The van der Waals surface area contributed by atoms with Crippen LogP contribution < -0.4 is 0 Å². The predicted molar refractivity (Wildman–Crippen MR) is 42.9 cm³/mol. The van der Waals surface area contributed by atoms with Crippen LogP contribution in [0, 0.1) is 0 Å². The Bertz CT molecular complexity index is 242. The molecule has 4 N–H and O–H groups in total. The van der Waals surface area contributed by atoms with Crippen molar-refractivity contribution in [2.45, 2.75) is 30.6 Å². The van der Waals surface area contributed by atoms with Crippen molar-refractivity contribution in [2.24, 2.45) is 5.11 Å². The van der Waals surface area contributed by atoms with Crippen LogP contribution >= 0.6 is 0 Å². The molecule has 1 saturated heterocycles. The van der Waals surface area contributed by atoms with Gasteiger partial charge in [-0.05, 0) is 5.53 Å². The van der Waals surface area contributed by atoms with Gasteiger partial charge in [-0.2, -0.15) is 0 Å². The van der Waals surface area contributed by atoms with Crippen molar-refractivity contribution in [1.82, 2.24) is 0 Å². The number of aliphatic hydroxyl groups is 4. The van der Waals surface area contributed by atoms with Crippen molar-refractivity contribution >= 4 is 0 Å². The van der Waals surface area contributed by atoms with E-state index in [1.54, 1.807) is 0 Å². The highest BCUT2D eigenvalue weighted by Gasteiger charge is 2.43. The minimum absolute atomic E-state index is 0.523. The Labute approximate surface area is 79.0 Å². The fourth-order valence-corrected chi connectivity index (χ4v) is 1.28. The summed E-state index contributed by atoms with van der Waals surface area (Å²) in [7, 11) is 0. The molecule has 80 valence electrons. The highest BCUT2D eigenvalue weighted by atomic mass is 16.6. The Hall–Kier alpha value is -0.890. The summed E-state index contributed by atoms with van der Waals surface area (Å²) in [6.45, 7) is -0.523. The van der Waals surface area contributed by atoms with Gasteiger partial charge in [0.15, 0.2) is 6.29 Å². The van der Waals surface area contributed by atoms with Gasteiger partial charge in [0, 0.05) is 4.91 Å². The molecule has 1 aliphatic rings. The van der Waals surface area contributed by atoms with Crippen molar-refractivity contribution in [3.05, 3.63) is 10.4 Å². The quantitative estimate of drug-likeness (QED) is 0.237. The second kappa shape index (κ2) is 4.56. The number of hydrogen-bond donors (Lipinski definition) is 4. The third-order valence-electron chi connectivity index (χ3n) is 2.05. The standard InChI is InChI=1S/C6H11N3O5/c7-9-8-3-2(1-10)14-6(13)5(12)4(3)11/h2-6,10-13H,1H2/t2?,3-,4-,5?,6-/m0/s1. The average Bonchev–Trinajstić information content (AvgIpc) is 2.19. The summed E-state index contributed by atoms with van der Waals surface area (Å²) < 4.78 is 4.71. The highest BCUT2D eigenvalue weighted by Crippen LogP contribution is 2.22. The molecular weight excluding hydrogens is 194 g/mol. The number of hydrogen-bond acceptors (Lipinski definition) is 6. The molecule has 1 heterocycles. The summed E-state index contributed by atoms with van der Waals surface area (Å²) in [4.78, 5) is 2.45. The Balaban J connectivity index is 2.82. The van der Waals surface area contributed by atoms with Crippen LogP contribution in [0.2, 0.25) is 0 Å². The van der Waals surface area contributed by atoms with E-state index in [1.165, 1.54) is 0 Å². The lowest BCUT2D eigenvalue weighted by molar-refractivity contribution is -0.258. The van der Waals surface area contributed by atoms with Gasteiger partial charge in [0.2, 0.25) is 0 Å². The molecule has 5 atom stereocenters. The fraction of sp³-hybridized carbons (Fsp3) is 1.00. The number of rotatable bonds is 2. The van der Waals surface area contributed by atoms with Gasteiger partial charge < -0.3 is 25.2 Å². The van der Waals surface area contributed by atoms with Gasteiger partial charge in [-0.1, -0.05) is 5.11 Å². The maximum absolute atomic E-state index is 9.37. The van der Waals surface area contributed by atoms with Crippen LogP contribution in [-0.2, 0) is 4.74 Å². The first-order valence-corrected chi connectivity index (χ1v) is 3.96. The lowest BCUT2D eigenvalue weighted by Gasteiger charge is -2.37. The molecule has 0 bridgehead atoms. The van der Waals surface area contributed by atoms with Crippen LogP contribution in [0.3, 0.4) is 0 Å². The van der Waals surface area contributed by atoms with Crippen LogP contribution in [0.15, 0.2) is 5.11 Å². The number of nitrogens with zero attached hydrogens (tertiary/aromatic N) is 3. The SMILES string of the molecule is [N-]=[N+]=N[C@H]1C(CO)O[C@H](O)C(O)[C@H]1O. The van der Waals surface area contributed by atoms with Gasteiger partial charge in [-0.3, -0.25) is 0 Å². The molecule has 1 aliphatic heterocycles. The zero-order valence-electron chi connectivity index (χ0n) is 7.13. The number of ether oxygens (including phenoxy) is 1. The van der Waals surface area contributed by atoms with E-state index < -0.39 is 37.3 Å². The second-order valence-corrected chi connectivity index (χ2v) is 2.92. The van der Waals surface area contributed by atoms with Gasteiger partial charge in [0.1, 0.15) is 6.10 Å². The van der Waals surface area contributed by atoms with E-state index in [0.717, 1.165) is 0 Å². The normalized spacial score (nSPS) is 43.0. The molecule has 0 aliphatic carbocycles. The lowest BCUT2D eigenvalue weighted by Crippen LogP contribution is -2.57. The maximum Gasteiger partial charge on any atom is 0.183 e. The van der Waals surface area contributed by atoms with E-state index in [-0.39, 0.29) is 0 Å². The number of azide groups is 1. The van der Waals surface area contributed by atoms with E-state index >= 15 is 0 Å². The third kappa shape index (κ3) is 1.95. The Morgan fingerprint density at radius 2 is 1.93 bits per heavy atom. The minimum Gasteiger partial charge on any atom is -0.394 e. The molecule has 1 fully saturated rings. The van der Waals surface area contributed by atoms with Crippen LogP contribution in [0.25, 0.3) is 10.4 Å². The molecule has 0 aromatic heterocycles. The van der Waals surface area contributed by atoms with Crippen LogP contribution in [0.1, 0.15) is 0 Å². The summed E-state index contributed by atoms with van der Waals surface area (Å²) >= 11 is 0. The molecule has 8 nitrogen and oxygen atoms in total. The van der Waals surface area contributed by atoms with E-state index in [9.17, 15) is 5.11 Å². The molecule has 0 amide bonds. The Kier molecular flexibility index (Phi) is 3.64. The molecule has 0 spiro atoms. The van der Waals surface area contributed by atoms with Crippen molar-refractivity contribution in [2.75, 3.05) is 6.61 Å². The summed E-state index contributed by atoms with van der Waals surface area (Å²) in [5, 5.41) is 39.6. The summed E-state index contributed by atoms with van der Waals surface area (Å²) in [6.07, 6.45) is -5.60. The predicted octanol–water partition coefficient (Wildman–Crippen LogP) is -1.90. The van der Waals surface area contributed by atoms with E-state index in [1.807, 2.05) is 0 Å². The molecule has 0 radical (unpaired) electrons. The van der Waals surface area contributed by atoms with Gasteiger partial charge in [0.25, 0.3) is 0 Å². The number of aliphatic hydroxyl groups excluding tert-OH is 4. The molecule has 8 heteroatoms. The topological polar surface area (TPSA) is 139 Å². The molecular formula is C6H11N3O5. The van der Waals surface area contributed by atoms with Crippen LogP contribution in [-0.4, -0.2) is 57.7 Å². The molecule has 0 aromatic carbocycles. The molecule has 14 heavy (non-hydrogen) atoms. The summed E-state index contributed by atoms with van der Waals surface area (Å²) in [5.41, 5.74) is 8.17. The largest absolute Gasteiger partial charge is 0.394 e. The van der Waals surface area contributed by atoms with Gasteiger partial charge in [-0.15, -0.1) is 0 Å². The summed E-state index contributed by atoms with van der Waals surface area (Å²) in [5.74, 6) is 0. The van der Waals surface area contributed by atoms with E-state index in [2.05, 4.69) is 10.0 Å². The fourth-order valence-electron chi connectivity index (χ4n) is 1.28. The first-order valence-electron chi connectivity index (χ1n) is 3.96. The van der Waals surface area contributed by atoms with E-state index in [0.29, 0.717) is 0 Å². The van der Waals surface area contributed by atoms with Crippen molar-refractivity contribution in [1.29, 1.82) is 0 Å². The first-order chi connectivity index (χ1) is 6.61. The van der Waals surface area contributed by atoms with Crippen LogP contribution in [0.4, 0.5) is 0 Å². The zero-order chi connectivity index (χ0) is 10.7. The maximum atomic E-state index is 9.37. The molecule has 1 rings (SSSR count). The van der Waals surface area contributed by atoms with Crippen LogP contribution in [0.5, 0.6) is 0 Å². The Morgan fingerprint density at radius 1 is 1.29 bits per heavy atom. The molecule has 0 saturated carbocycles. The smallest absolute Gasteiger partial charge is 0.183 e. The van der Waals surface area contributed by atoms with Gasteiger partial charge in [-0.25, -0.2) is 0 Å². The van der Waals surface area contributed by atoms with Crippen molar-refractivity contribution in [3.8, 4) is 0 Å². The third-order valence-corrected chi connectivity index (χ3v) is 2.05. The van der Waals surface area contributed by atoms with E-state index in [4.69, 9.17) is 25.6 Å². The second-order valence-electron chi connectivity index (χ2n) is 2.92. The van der Waals surface area contributed by atoms with Gasteiger partial charge >= 0.3 is 0 Å². The lowest BCUT2D eigenvalue weighted by atomic mass is 9.97. The molecule has 2 unspecified atom stereocenters. The van der Waals surface area contributed by atoms with Crippen molar-refractivity contribution < 1.29 is 25.2 Å². The van der Waals surface area contributed by atoms with Gasteiger partial charge in [0.05, 0.1) is 24.9 Å².